The molecule has 2 fully saturated rings. The average Bonchev–Trinajstić information content (AvgIpc) is 2.18. The Hall–Kier alpha value is -0.120. The van der Waals surface area contributed by atoms with Crippen LogP contribution >= 0.6 is 0 Å². The summed E-state index contributed by atoms with van der Waals surface area (Å²) in [6, 6.07) is 0.670. The SMILES string of the molecule is CCOC1CC(NCCOC(C)C)C12CCC2. The molecule has 17 heavy (non-hydrogen) atoms. The first-order valence-electron chi connectivity index (χ1n) is 7.15. The third-order valence-electron chi connectivity index (χ3n) is 4.38. The van der Waals surface area contributed by atoms with Crippen LogP contribution in [0.15, 0.2) is 0 Å². The molecule has 2 unspecified atom stereocenters. The Morgan fingerprint density at radius 2 is 2.12 bits per heavy atom. The van der Waals surface area contributed by atoms with Gasteiger partial charge in [0.2, 0.25) is 0 Å². The van der Waals surface area contributed by atoms with E-state index in [1.165, 1.54) is 25.7 Å². The summed E-state index contributed by atoms with van der Waals surface area (Å²) in [6.45, 7) is 8.93. The molecule has 2 aliphatic rings. The molecule has 0 saturated heterocycles. The van der Waals surface area contributed by atoms with Crippen LogP contribution in [0.5, 0.6) is 0 Å². The average molecular weight is 241 g/mol. The Morgan fingerprint density at radius 3 is 2.65 bits per heavy atom. The van der Waals surface area contributed by atoms with Gasteiger partial charge in [-0.1, -0.05) is 6.42 Å². The topological polar surface area (TPSA) is 30.5 Å². The molecule has 0 bridgehead atoms. The van der Waals surface area contributed by atoms with E-state index in [0.717, 1.165) is 19.8 Å². The van der Waals surface area contributed by atoms with Crippen molar-refractivity contribution in [3.05, 3.63) is 0 Å². The molecule has 0 aromatic rings. The fourth-order valence-corrected chi connectivity index (χ4v) is 3.25. The molecule has 1 spiro atoms. The highest BCUT2D eigenvalue weighted by Crippen LogP contribution is 2.57. The number of hydrogen-bond acceptors (Lipinski definition) is 3. The number of hydrogen-bond donors (Lipinski definition) is 1. The van der Waals surface area contributed by atoms with Crippen molar-refractivity contribution in [1.29, 1.82) is 0 Å². The zero-order valence-electron chi connectivity index (χ0n) is 11.5. The van der Waals surface area contributed by atoms with Gasteiger partial charge in [-0.15, -0.1) is 0 Å². The molecule has 0 aliphatic heterocycles. The van der Waals surface area contributed by atoms with Gasteiger partial charge in [0.15, 0.2) is 0 Å². The Labute approximate surface area is 105 Å². The summed E-state index contributed by atoms with van der Waals surface area (Å²) in [7, 11) is 0. The van der Waals surface area contributed by atoms with E-state index >= 15 is 0 Å². The van der Waals surface area contributed by atoms with Crippen molar-refractivity contribution in [3.8, 4) is 0 Å². The summed E-state index contributed by atoms with van der Waals surface area (Å²) < 4.78 is 11.4. The molecule has 100 valence electrons. The summed E-state index contributed by atoms with van der Waals surface area (Å²) in [5.74, 6) is 0. The summed E-state index contributed by atoms with van der Waals surface area (Å²) >= 11 is 0. The summed E-state index contributed by atoms with van der Waals surface area (Å²) in [5, 5.41) is 3.65. The van der Waals surface area contributed by atoms with E-state index < -0.39 is 0 Å². The Bertz CT molecular complexity index is 238. The molecule has 1 N–H and O–H groups in total. The van der Waals surface area contributed by atoms with Gasteiger partial charge in [-0.3, -0.25) is 0 Å². The highest BCUT2D eigenvalue weighted by atomic mass is 16.5. The minimum absolute atomic E-state index is 0.340. The van der Waals surface area contributed by atoms with Crippen molar-refractivity contribution < 1.29 is 9.47 Å². The van der Waals surface area contributed by atoms with Crippen molar-refractivity contribution in [2.45, 2.75) is 64.7 Å². The summed E-state index contributed by atoms with van der Waals surface area (Å²) in [5.41, 5.74) is 0.480. The van der Waals surface area contributed by atoms with Gasteiger partial charge >= 0.3 is 0 Å². The van der Waals surface area contributed by atoms with Gasteiger partial charge in [0, 0.05) is 24.6 Å². The van der Waals surface area contributed by atoms with Crippen LogP contribution in [0.3, 0.4) is 0 Å². The standard InChI is InChI=1S/C14H27NO2/c1-4-16-13-10-12(14(13)6-5-7-14)15-8-9-17-11(2)3/h11-13,15H,4-10H2,1-3H3. The molecule has 0 heterocycles. The molecular weight excluding hydrogens is 214 g/mol. The van der Waals surface area contributed by atoms with Crippen LogP contribution < -0.4 is 5.32 Å². The van der Waals surface area contributed by atoms with Crippen LogP contribution in [0.4, 0.5) is 0 Å². The Morgan fingerprint density at radius 1 is 1.35 bits per heavy atom. The third-order valence-corrected chi connectivity index (χ3v) is 4.38. The normalized spacial score (nSPS) is 30.4. The van der Waals surface area contributed by atoms with Gasteiger partial charge in [0.1, 0.15) is 0 Å². The second kappa shape index (κ2) is 5.68. The highest BCUT2D eigenvalue weighted by molar-refractivity contribution is 5.12. The van der Waals surface area contributed by atoms with E-state index in [1.54, 1.807) is 0 Å². The van der Waals surface area contributed by atoms with Gasteiger partial charge in [0.25, 0.3) is 0 Å². The molecule has 2 aliphatic carbocycles. The van der Waals surface area contributed by atoms with Crippen molar-refractivity contribution in [1.82, 2.24) is 5.32 Å². The second-order valence-electron chi connectivity index (χ2n) is 5.69. The van der Waals surface area contributed by atoms with E-state index in [0.29, 0.717) is 23.7 Å². The van der Waals surface area contributed by atoms with Gasteiger partial charge in [0.05, 0.1) is 18.8 Å². The van der Waals surface area contributed by atoms with E-state index in [1.807, 2.05) is 0 Å². The van der Waals surface area contributed by atoms with Gasteiger partial charge in [-0.2, -0.15) is 0 Å². The lowest BCUT2D eigenvalue weighted by atomic mass is 9.51. The maximum absolute atomic E-state index is 5.84. The largest absolute Gasteiger partial charge is 0.378 e. The Balaban J connectivity index is 1.68. The maximum Gasteiger partial charge on any atom is 0.0661 e. The Kier molecular flexibility index (Phi) is 4.45. The molecule has 0 amide bonds. The van der Waals surface area contributed by atoms with Crippen molar-refractivity contribution >= 4 is 0 Å². The summed E-state index contributed by atoms with van der Waals surface area (Å²) in [6.07, 6.45) is 6.12. The molecule has 3 heteroatoms. The van der Waals surface area contributed by atoms with Crippen LogP contribution in [0.1, 0.15) is 46.5 Å². The number of ether oxygens (including phenoxy) is 2. The lowest BCUT2D eigenvalue weighted by molar-refractivity contribution is -0.173. The molecule has 3 nitrogen and oxygen atoms in total. The molecule has 0 radical (unpaired) electrons. The fourth-order valence-electron chi connectivity index (χ4n) is 3.25. The van der Waals surface area contributed by atoms with E-state index in [4.69, 9.17) is 9.47 Å². The van der Waals surface area contributed by atoms with Crippen LogP contribution in [0.2, 0.25) is 0 Å². The molecule has 2 saturated carbocycles. The first kappa shape index (κ1) is 13.3. The molecule has 2 atom stereocenters. The number of nitrogens with one attached hydrogen (secondary N) is 1. The molecule has 2 rings (SSSR count). The van der Waals surface area contributed by atoms with Crippen LogP contribution in [-0.4, -0.2) is 38.0 Å². The molecular formula is C14H27NO2. The molecule has 0 aromatic carbocycles. The first-order chi connectivity index (χ1) is 8.19. The van der Waals surface area contributed by atoms with E-state index in [9.17, 15) is 0 Å². The third kappa shape index (κ3) is 2.67. The zero-order valence-corrected chi connectivity index (χ0v) is 11.5. The van der Waals surface area contributed by atoms with E-state index in [2.05, 4.69) is 26.1 Å². The molecule has 0 aromatic heterocycles. The quantitative estimate of drug-likeness (QED) is 0.694. The first-order valence-corrected chi connectivity index (χ1v) is 7.15. The van der Waals surface area contributed by atoms with Gasteiger partial charge in [-0.05, 0) is 40.0 Å². The van der Waals surface area contributed by atoms with Gasteiger partial charge < -0.3 is 14.8 Å². The van der Waals surface area contributed by atoms with Crippen LogP contribution in [0.25, 0.3) is 0 Å². The zero-order chi connectivity index (χ0) is 12.3. The minimum Gasteiger partial charge on any atom is -0.378 e. The number of rotatable bonds is 7. The van der Waals surface area contributed by atoms with Crippen molar-refractivity contribution in [3.63, 3.8) is 0 Å². The van der Waals surface area contributed by atoms with Gasteiger partial charge in [-0.25, -0.2) is 0 Å². The lowest BCUT2D eigenvalue weighted by Crippen LogP contribution is -2.67. The van der Waals surface area contributed by atoms with Crippen molar-refractivity contribution in [2.75, 3.05) is 19.8 Å². The minimum atomic E-state index is 0.340. The predicted molar refractivity (Wildman–Crippen MR) is 69.2 cm³/mol. The van der Waals surface area contributed by atoms with E-state index in [-0.39, 0.29) is 0 Å². The highest BCUT2D eigenvalue weighted by Gasteiger charge is 2.58. The van der Waals surface area contributed by atoms with Crippen LogP contribution in [-0.2, 0) is 9.47 Å². The van der Waals surface area contributed by atoms with Crippen molar-refractivity contribution in [2.24, 2.45) is 5.41 Å². The predicted octanol–water partition coefficient (Wildman–Crippen LogP) is 2.35. The fraction of sp³-hybridized carbons (Fsp3) is 1.00. The monoisotopic (exact) mass is 241 g/mol. The smallest absolute Gasteiger partial charge is 0.0661 e. The summed E-state index contributed by atoms with van der Waals surface area (Å²) in [4.78, 5) is 0. The maximum atomic E-state index is 5.84. The second-order valence-corrected chi connectivity index (χ2v) is 5.69. The lowest BCUT2D eigenvalue weighted by Gasteiger charge is -2.61. The van der Waals surface area contributed by atoms with Crippen LogP contribution in [0, 0.1) is 5.41 Å².